The Balaban J connectivity index is 1.79. The molecular weight excluding hydrogens is 438 g/mol. The van der Waals surface area contributed by atoms with Crippen LogP contribution in [0.5, 0.6) is 5.75 Å². The lowest BCUT2D eigenvalue weighted by Gasteiger charge is -2.13. The average Bonchev–Trinajstić information content (AvgIpc) is 3.36. The van der Waals surface area contributed by atoms with Crippen molar-refractivity contribution in [3.05, 3.63) is 58.0 Å². The number of nitrogens with zero attached hydrogens (tertiary/aromatic N) is 3. The summed E-state index contributed by atoms with van der Waals surface area (Å²) >= 11 is 1.50. The molecule has 0 saturated carbocycles. The highest BCUT2D eigenvalue weighted by atomic mass is 32.1. The Morgan fingerprint density at radius 1 is 1.18 bits per heavy atom. The first-order chi connectivity index (χ1) is 15.8. The molecule has 2 aromatic carbocycles. The first kappa shape index (κ1) is 22.5. The van der Waals surface area contributed by atoms with Gasteiger partial charge in [-0.15, -0.1) is 11.3 Å². The number of amides is 2. The number of aryl methyl sites for hydroxylation is 2. The number of imidazole rings is 1. The smallest absolute Gasteiger partial charge is 0.251 e. The number of methoxy groups -OCH3 is 1. The van der Waals surface area contributed by atoms with Crippen molar-refractivity contribution >= 4 is 39.9 Å². The second kappa shape index (κ2) is 9.03. The predicted molar refractivity (Wildman–Crippen MR) is 130 cm³/mol. The molecule has 9 heteroatoms. The molecule has 0 radical (unpaired) electrons. The number of hydrogen-bond donors (Lipinski definition) is 2. The van der Waals surface area contributed by atoms with Gasteiger partial charge in [0.1, 0.15) is 16.6 Å². The number of thiazole rings is 1. The molecule has 2 heterocycles. The van der Waals surface area contributed by atoms with Crippen LogP contribution in [0.15, 0.2) is 41.8 Å². The van der Waals surface area contributed by atoms with Gasteiger partial charge in [-0.1, -0.05) is 12.1 Å². The Hall–Kier alpha value is -3.72. The molecule has 4 aromatic rings. The first-order valence-corrected chi connectivity index (χ1v) is 11.3. The van der Waals surface area contributed by atoms with Crippen LogP contribution in [0.3, 0.4) is 0 Å². The van der Waals surface area contributed by atoms with Gasteiger partial charge >= 0.3 is 0 Å². The Labute approximate surface area is 195 Å². The lowest BCUT2D eigenvalue weighted by atomic mass is 10.1. The predicted octanol–water partition coefficient (Wildman–Crippen LogP) is 4.46. The van der Waals surface area contributed by atoms with Gasteiger partial charge in [0.25, 0.3) is 5.91 Å². The van der Waals surface area contributed by atoms with E-state index in [9.17, 15) is 9.59 Å². The van der Waals surface area contributed by atoms with Crippen molar-refractivity contribution in [3.8, 4) is 17.1 Å². The molecule has 4 rings (SSSR count). The summed E-state index contributed by atoms with van der Waals surface area (Å²) in [5.74, 6) is 0.842. The van der Waals surface area contributed by atoms with Crippen molar-refractivity contribution < 1.29 is 14.3 Å². The molecular formula is C24H25N5O3S. The summed E-state index contributed by atoms with van der Waals surface area (Å²) in [5, 5.41) is 8.61. The van der Waals surface area contributed by atoms with Crippen LogP contribution < -0.4 is 15.4 Å². The number of rotatable bonds is 6. The normalized spacial score (nSPS) is 11.9. The Morgan fingerprint density at radius 2 is 1.94 bits per heavy atom. The summed E-state index contributed by atoms with van der Waals surface area (Å²) in [6.07, 6.45) is 0. The van der Waals surface area contributed by atoms with Gasteiger partial charge in [0.15, 0.2) is 0 Å². The van der Waals surface area contributed by atoms with Crippen LogP contribution in [0.2, 0.25) is 0 Å². The molecule has 0 aliphatic heterocycles. The monoisotopic (exact) mass is 463 g/mol. The minimum Gasteiger partial charge on any atom is -0.496 e. The van der Waals surface area contributed by atoms with Crippen molar-refractivity contribution in [1.82, 2.24) is 19.9 Å². The van der Waals surface area contributed by atoms with Crippen LogP contribution in [0.4, 0.5) is 5.69 Å². The third kappa shape index (κ3) is 4.45. The van der Waals surface area contributed by atoms with Gasteiger partial charge < -0.3 is 19.9 Å². The van der Waals surface area contributed by atoms with E-state index >= 15 is 0 Å². The molecule has 0 spiro atoms. The third-order valence-corrected chi connectivity index (χ3v) is 6.39. The topological polar surface area (TPSA) is 98.1 Å². The molecule has 0 aliphatic rings. The number of carbonyl (C=O) groups is 2. The van der Waals surface area contributed by atoms with E-state index in [4.69, 9.17) is 9.72 Å². The fourth-order valence-corrected chi connectivity index (χ4v) is 4.55. The Bertz CT molecular complexity index is 1360. The summed E-state index contributed by atoms with van der Waals surface area (Å²) in [7, 11) is 3.48. The molecule has 1 atom stereocenters. The number of para-hydroxylation sites is 1. The average molecular weight is 464 g/mol. The van der Waals surface area contributed by atoms with E-state index in [2.05, 4.69) is 15.6 Å². The lowest BCUT2D eigenvalue weighted by molar-refractivity contribution is -0.114. The van der Waals surface area contributed by atoms with Gasteiger partial charge in [-0.05, 0) is 38.1 Å². The maximum absolute atomic E-state index is 13.1. The Kier molecular flexibility index (Phi) is 6.15. The molecule has 33 heavy (non-hydrogen) atoms. The standard InChI is InChI=1S/C24H25N5O3S/c1-13-12-33-24(25-13)14(2)26-23(31)16-10-18(27-15(3)30)21-19(11-16)28-22(29(21)4)17-8-6-7-9-20(17)32-5/h6-12,14H,1-5H3,(H,26,31)(H,27,30). The summed E-state index contributed by atoms with van der Waals surface area (Å²) < 4.78 is 7.39. The number of hydrogen-bond acceptors (Lipinski definition) is 6. The summed E-state index contributed by atoms with van der Waals surface area (Å²) in [5.41, 5.74) is 3.95. The molecule has 2 N–H and O–H groups in total. The van der Waals surface area contributed by atoms with Gasteiger partial charge in [0.2, 0.25) is 5.91 Å². The lowest BCUT2D eigenvalue weighted by Crippen LogP contribution is -2.26. The third-order valence-electron chi connectivity index (χ3n) is 5.24. The van der Waals surface area contributed by atoms with Crippen molar-refractivity contribution in [2.75, 3.05) is 12.4 Å². The quantitative estimate of drug-likeness (QED) is 0.440. The second-order valence-corrected chi connectivity index (χ2v) is 8.68. The van der Waals surface area contributed by atoms with E-state index in [0.29, 0.717) is 33.9 Å². The number of aromatic nitrogens is 3. The van der Waals surface area contributed by atoms with Crippen molar-refractivity contribution in [1.29, 1.82) is 0 Å². The van der Waals surface area contributed by atoms with Gasteiger partial charge in [-0.25, -0.2) is 9.97 Å². The van der Waals surface area contributed by atoms with Gasteiger partial charge in [0, 0.05) is 30.6 Å². The van der Waals surface area contributed by atoms with Gasteiger partial charge in [0.05, 0.1) is 35.4 Å². The van der Waals surface area contributed by atoms with Crippen molar-refractivity contribution in [2.24, 2.45) is 7.05 Å². The highest BCUT2D eigenvalue weighted by Gasteiger charge is 2.21. The van der Waals surface area contributed by atoms with Crippen LogP contribution in [0, 0.1) is 6.92 Å². The number of ether oxygens (including phenoxy) is 1. The zero-order valence-corrected chi connectivity index (χ0v) is 19.9. The fraction of sp³-hybridized carbons (Fsp3) is 0.250. The first-order valence-electron chi connectivity index (χ1n) is 10.4. The summed E-state index contributed by atoms with van der Waals surface area (Å²) in [6, 6.07) is 10.7. The van der Waals surface area contributed by atoms with Gasteiger partial charge in [-0.3, -0.25) is 9.59 Å². The molecule has 0 bridgehead atoms. The van der Waals surface area contributed by atoms with Crippen molar-refractivity contribution in [2.45, 2.75) is 26.8 Å². The molecule has 1 unspecified atom stereocenters. The van der Waals surface area contributed by atoms with E-state index < -0.39 is 0 Å². The SMILES string of the molecule is COc1ccccc1-c1nc2cc(C(=O)NC(C)c3nc(C)cs3)cc(NC(C)=O)c2n1C. The maximum atomic E-state index is 13.1. The Morgan fingerprint density at radius 3 is 2.61 bits per heavy atom. The van der Waals surface area contributed by atoms with Crippen LogP contribution in [-0.4, -0.2) is 33.5 Å². The number of nitrogens with one attached hydrogen (secondary N) is 2. The highest BCUT2D eigenvalue weighted by Crippen LogP contribution is 2.34. The van der Waals surface area contributed by atoms with E-state index in [0.717, 1.165) is 16.3 Å². The van der Waals surface area contributed by atoms with Crippen LogP contribution in [0.25, 0.3) is 22.4 Å². The zero-order chi connectivity index (χ0) is 23.7. The van der Waals surface area contributed by atoms with E-state index in [1.54, 1.807) is 19.2 Å². The molecule has 0 aliphatic carbocycles. The number of fused-ring (bicyclic) bond motifs is 1. The van der Waals surface area contributed by atoms with Crippen molar-refractivity contribution in [3.63, 3.8) is 0 Å². The molecule has 2 amide bonds. The molecule has 0 saturated heterocycles. The number of carbonyl (C=O) groups excluding carboxylic acids is 2. The zero-order valence-electron chi connectivity index (χ0n) is 19.1. The summed E-state index contributed by atoms with van der Waals surface area (Å²) in [6.45, 7) is 5.25. The second-order valence-electron chi connectivity index (χ2n) is 7.79. The van der Waals surface area contributed by atoms with E-state index in [1.807, 2.05) is 55.1 Å². The molecule has 0 fully saturated rings. The number of anilines is 1. The molecule has 170 valence electrons. The number of benzene rings is 2. The fourth-order valence-electron chi connectivity index (χ4n) is 3.75. The van der Waals surface area contributed by atoms with Crippen LogP contribution in [-0.2, 0) is 11.8 Å². The minimum absolute atomic E-state index is 0.236. The maximum Gasteiger partial charge on any atom is 0.251 e. The van der Waals surface area contributed by atoms with E-state index in [-0.39, 0.29) is 17.9 Å². The molecule has 8 nitrogen and oxygen atoms in total. The summed E-state index contributed by atoms with van der Waals surface area (Å²) in [4.78, 5) is 34.2. The minimum atomic E-state index is -0.270. The van der Waals surface area contributed by atoms with E-state index in [1.165, 1.54) is 18.3 Å². The van der Waals surface area contributed by atoms with Gasteiger partial charge in [-0.2, -0.15) is 0 Å². The van der Waals surface area contributed by atoms with Crippen LogP contribution >= 0.6 is 11.3 Å². The largest absolute Gasteiger partial charge is 0.496 e. The van der Waals surface area contributed by atoms with Crippen LogP contribution in [0.1, 0.15) is 40.9 Å². The molecule has 2 aromatic heterocycles. The highest BCUT2D eigenvalue weighted by molar-refractivity contribution is 7.09.